The van der Waals surface area contributed by atoms with Crippen molar-refractivity contribution in [1.29, 1.82) is 0 Å². The summed E-state index contributed by atoms with van der Waals surface area (Å²) in [6.45, 7) is 1.73. The molecular weight excluding hydrogens is 326 g/mol. The zero-order valence-electron chi connectivity index (χ0n) is 13.2. The summed E-state index contributed by atoms with van der Waals surface area (Å²) in [6.07, 6.45) is -0.0542. The molecule has 124 valence electrons. The van der Waals surface area contributed by atoms with E-state index < -0.39 is 0 Å². The van der Waals surface area contributed by atoms with Crippen LogP contribution in [0.5, 0.6) is 11.5 Å². The van der Waals surface area contributed by atoms with Gasteiger partial charge in [-0.1, -0.05) is 12.1 Å². The quantitative estimate of drug-likeness (QED) is 0.787. The first-order valence-corrected chi connectivity index (χ1v) is 8.60. The summed E-state index contributed by atoms with van der Waals surface area (Å²) in [5.41, 5.74) is 0.669. The van der Waals surface area contributed by atoms with Gasteiger partial charge in [0.05, 0.1) is 12.1 Å². The number of hydrogen-bond acceptors (Lipinski definition) is 6. The van der Waals surface area contributed by atoms with Crippen LogP contribution in [0.3, 0.4) is 0 Å². The molecule has 1 atom stereocenters. The standard InChI is InChI=1S/C17H17N3O3S/c1-20(8-11-10-22-13-4-2-3-5-14(13)23-11)9-15-18-12-6-7-24-16(12)17(21)19-15/h2-7,11H,8-10H2,1H3,(H,18,19,21)/t11-/m0/s1. The van der Waals surface area contributed by atoms with Gasteiger partial charge in [-0.3, -0.25) is 9.69 Å². The third-order valence-corrected chi connectivity index (χ3v) is 4.77. The summed E-state index contributed by atoms with van der Waals surface area (Å²) in [4.78, 5) is 21.4. The number of rotatable bonds is 4. The molecule has 2 aromatic heterocycles. The Morgan fingerprint density at radius 1 is 1.33 bits per heavy atom. The Bertz CT molecular complexity index is 921. The van der Waals surface area contributed by atoms with Gasteiger partial charge in [0.1, 0.15) is 23.2 Å². The monoisotopic (exact) mass is 343 g/mol. The molecule has 1 aromatic carbocycles. The molecule has 1 N–H and O–H groups in total. The predicted molar refractivity (Wildman–Crippen MR) is 92.9 cm³/mol. The fourth-order valence-corrected chi connectivity index (χ4v) is 3.54. The van der Waals surface area contributed by atoms with Crippen LogP contribution in [0.15, 0.2) is 40.5 Å². The van der Waals surface area contributed by atoms with Crippen LogP contribution in [-0.4, -0.2) is 41.2 Å². The Labute approximate surface area is 142 Å². The number of hydrogen-bond donors (Lipinski definition) is 1. The Hall–Kier alpha value is -2.38. The second kappa shape index (κ2) is 6.26. The van der Waals surface area contributed by atoms with Crippen LogP contribution in [-0.2, 0) is 6.54 Å². The molecule has 3 heterocycles. The van der Waals surface area contributed by atoms with Crippen molar-refractivity contribution in [2.75, 3.05) is 20.2 Å². The third-order valence-electron chi connectivity index (χ3n) is 3.87. The molecule has 7 heteroatoms. The number of ether oxygens (including phenoxy) is 2. The van der Waals surface area contributed by atoms with E-state index >= 15 is 0 Å². The largest absolute Gasteiger partial charge is 0.486 e. The maximum absolute atomic E-state index is 12.0. The van der Waals surface area contributed by atoms with Gasteiger partial charge >= 0.3 is 0 Å². The number of nitrogens with zero attached hydrogens (tertiary/aromatic N) is 2. The molecule has 0 spiro atoms. The van der Waals surface area contributed by atoms with Crippen LogP contribution in [0, 0.1) is 0 Å². The molecule has 0 unspecified atom stereocenters. The summed E-state index contributed by atoms with van der Waals surface area (Å²) in [7, 11) is 1.97. The van der Waals surface area contributed by atoms with E-state index in [1.807, 2.05) is 42.8 Å². The third kappa shape index (κ3) is 3.00. The minimum Gasteiger partial charge on any atom is -0.486 e. The number of nitrogens with one attached hydrogen (secondary N) is 1. The SMILES string of the molecule is CN(Cc1nc2ccsc2c(=O)[nH]1)C[C@H]1COc2ccccc2O1. The first-order chi connectivity index (χ1) is 11.7. The zero-order valence-corrected chi connectivity index (χ0v) is 14.0. The number of benzene rings is 1. The fourth-order valence-electron chi connectivity index (χ4n) is 2.82. The predicted octanol–water partition coefficient (Wildman–Crippen LogP) is 2.26. The van der Waals surface area contributed by atoms with Crippen LogP contribution in [0.4, 0.5) is 0 Å². The van der Waals surface area contributed by atoms with Crippen molar-refractivity contribution in [3.8, 4) is 11.5 Å². The molecule has 0 fully saturated rings. The zero-order chi connectivity index (χ0) is 16.5. The Morgan fingerprint density at radius 3 is 3.04 bits per heavy atom. The molecular formula is C17H17N3O3S. The number of aromatic nitrogens is 2. The van der Waals surface area contributed by atoms with Gasteiger partial charge in [0.15, 0.2) is 11.5 Å². The van der Waals surface area contributed by atoms with Crippen molar-refractivity contribution in [2.24, 2.45) is 0 Å². The molecule has 0 bridgehead atoms. The Balaban J connectivity index is 1.43. The summed E-state index contributed by atoms with van der Waals surface area (Å²) in [5, 5.41) is 1.88. The average molecular weight is 343 g/mol. The number of thiophene rings is 1. The van der Waals surface area contributed by atoms with Crippen LogP contribution < -0.4 is 15.0 Å². The first kappa shape index (κ1) is 15.2. The van der Waals surface area contributed by atoms with Gasteiger partial charge in [-0.25, -0.2) is 4.98 Å². The molecule has 0 radical (unpaired) electrons. The smallest absolute Gasteiger partial charge is 0.268 e. The van der Waals surface area contributed by atoms with E-state index in [0.29, 0.717) is 30.2 Å². The van der Waals surface area contributed by atoms with E-state index in [0.717, 1.165) is 17.0 Å². The lowest BCUT2D eigenvalue weighted by Gasteiger charge is -2.29. The fraction of sp³-hybridized carbons (Fsp3) is 0.294. The first-order valence-electron chi connectivity index (χ1n) is 7.72. The highest BCUT2D eigenvalue weighted by atomic mass is 32.1. The molecule has 0 amide bonds. The average Bonchev–Trinajstić information content (AvgIpc) is 3.03. The Morgan fingerprint density at radius 2 is 2.17 bits per heavy atom. The van der Waals surface area contributed by atoms with Crippen molar-refractivity contribution in [3.05, 3.63) is 51.9 Å². The minimum atomic E-state index is -0.0791. The number of aromatic amines is 1. The van der Waals surface area contributed by atoms with Crippen molar-refractivity contribution in [1.82, 2.24) is 14.9 Å². The van der Waals surface area contributed by atoms with Crippen molar-refractivity contribution < 1.29 is 9.47 Å². The summed E-state index contributed by atoms with van der Waals surface area (Å²) >= 11 is 1.41. The van der Waals surface area contributed by atoms with Gasteiger partial charge in [-0.05, 0) is 30.6 Å². The molecule has 0 aliphatic carbocycles. The second-order valence-corrected chi connectivity index (χ2v) is 6.76. The summed E-state index contributed by atoms with van der Waals surface area (Å²) in [6, 6.07) is 9.54. The summed E-state index contributed by atoms with van der Waals surface area (Å²) < 4.78 is 12.4. The lowest BCUT2D eigenvalue weighted by atomic mass is 10.2. The molecule has 1 aliphatic rings. The lowest BCUT2D eigenvalue weighted by molar-refractivity contribution is 0.0632. The molecule has 6 nitrogen and oxygen atoms in total. The van der Waals surface area contributed by atoms with Crippen LogP contribution in [0.25, 0.3) is 10.2 Å². The molecule has 1 aliphatic heterocycles. The van der Waals surface area contributed by atoms with E-state index in [-0.39, 0.29) is 11.7 Å². The van der Waals surface area contributed by atoms with Crippen molar-refractivity contribution in [2.45, 2.75) is 12.6 Å². The van der Waals surface area contributed by atoms with E-state index in [1.165, 1.54) is 11.3 Å². The molecule has 0 saturated carbocycles. The molecule has 3 aromatic rings. The summed E-state index contributed by atoms with van der Waals surface area (Å²) in [5.74, 6) is 2.21. The van der Waals surface area contributed by atoms with E-state index in [2.05, 4.69) is 14.9 Å². The van der Waals surface area contributed by atoms with Gasteiger partial charge in [0.25, 0.3) is 5.56 Å². The highest BCUT2D eigenvalue weighted by molar-refractivity contribution is 7.17. The maximum Gasteiger partial charge on any atom is 0.268 e. The number of fused-ring (bicyclic) bond motifs is 2. The second-order valence-electron chi connectivity index (χ2n) is 5.84. The van der Waals surface area contributed by atoms with Gasteiger partial charge < -0.3 is 14.5 Å². The van der Waals surface area contributed by atoms with Crippen molar-refractivity contribution in [3.63, 3.8) is 0 Å². The maximum atomic E-state index is 12.0. The number of para-hydroxylation sites is 2. The molecule has 24 heavy (non-hydrogen) atoms. The lowest BCUT2D eigenvalue weighted by Crippen LogP contribution is -2.39. The van der Waals surface area contributed by atoms with Gasteiger partial charge in [-0.2, -0.15) is 0 Å². The van der Waals surface area contributed by atoms with Crippen LogP contribution in [0.1, 0.15) is 5.82 Å². The number of H-pyrrole nitrogens is 1. The van der Waals surface area contributed by atoms with E-state index in [9.17, 15) is 4.79 Å². The van der Waals surface area contributed by atoms with Gasteiger partial charge in [0.2, 0.25) is 0 Å². The molecule has 4 rings (SSSR count). The number of likely N-dealkylation sites (N-methyl/N-ethyl adjacent to an activating group) is 1. The minimum absolute atomic E-state index is 0.0542. The van der Waals surface area contributed by atoms with E-state index in [4.69, 9.17) is 9.47 Å². The highest BCUT2D eigenvalue weighted by Crippen LogP contribution is 2.31. The van der Waals surface area contributed by atoms with Crippen LogP contribution in [0.2, 0.25) is 0 Å². The van der Waals surface area contributed by atoms with Crippen LogP contribution >= 0.6 is 11.3 Å². The van der Waals surface area contributed by atoms with Gasteiger partial charge in [-0.15, -0.1) is 11.3 Å². The van der Waals surface area contributed by atoms with Gasteiger partial charge in [0, 0.05) is 6.54 Å². The van der Waals surface area contributed by atoms with E-state index in [1.54, 1.807) is 0 Å². The van der Waals surface area contributed by atoms with Crippen molar-refractivity contribution >= 4 is 21.6 Å². The topological polar surface area (TPSA) is 67.5 Å². The molecule has 0 saturated heterocycles. The highest BCUT2D eigenvalue weighted by Gasteiger charge is 2.22. The normalized spacial score (nSPS) is 16.7. The Kier molecular flexibility index (Phi) is 3.95.